The van der Waals surface area contributed by atoms with Gasteiger partial charge in [0.25, 0.3) is 5.69 Å². The molecule has 29 heavy (non-hydrogen) atoms. The fourth-order valence-corrected chi connectivity index (χ4v) is 5.07. The molecule has 0 atom stereocenters. The number of para-hydroxylation sites is 1. The van der Waals surface area contributed by atoms with E-state index >= 15 is 0 Å². The Kier molecular flexibility index (Phi) is 6.60. The van der Waals surface area contributed by atoms with E-state index in [1.54, 1.807) is 0 Å². The summed E-state index contributed by atoms with van der Waals surface area (Å²) in [5.74, 6) is -0.341. The van der Waals surface area contributed by atoms with Gasteiger partial charge in [-0.05, 0) is 30.9 Å². The number of nitrogens with one attached hydrogen (secondary N) is 1. The molecule has 154 valence electrons. The third kappa shape index (κ3) is 4.99. The van der Waals surface area contributed by atoms with Crippen LogP contribution in [-0.4, -0.2) is 43.2 Å². The summed E-state index contributed by atoms with van der Waals surface area (Å²) in [6, 6.07) is 15.2. The van der Waals surface area contributed by atoms with E-state index in [4.69, 9.17) is 0 Å². The third-order valence-corrected chi connectivity index (χ3v) is 7.01. The molecule has 0 aromatic heterocycles. The van der Waals surface area contributed by atoms with Crippen molar-refractivity contribution in [2.75, 3.05) is 19.6 Å². The molecule has 1 saturated heterocycles. The molecule has 9 heteroatoms. The monoisotopic (exact) mass is 417 g/mol. The maximum Gasteiger partial charge on any atom is 0.289 e. The Morgan fingerprint density at radius 1 is 1.07 bits per heavy atom. The molecule has 1 amide bonds. The van der Waals surface area contributed by atoms with E-state index < -0.39 is 20.6 Å². The molecular weight excluding hydrogens is 394 g/mol. The van der Waals surface area contributed by atoms with Crippen molar-refractivity contribution < 1.29 is 18.1 Å². The number of sulfonamides is 1. The highest BCUT2D eigenvalue weighted by Gasteiger charge is 2.35. The van der Waals surface area contributed by atoms with Gasteiger partial charge in [-0.1, -0.05) is 42.5 Å². The molecule has 1 aliphatic heterocycles. The van der Waals surface area contributed by atoms with Gasteiger partial charge >= 0.3 is 0 Å². The second-order valence-corrected chi connectivity index (χ2v) is 8.84. The molecule has 0 radical (unpaired) electrons. The maximum absolute atomic E-state index is 12.8. The van der Waals surface area contributed by atoms with Crippen LogP contribution in [0.2, 0.25) is 0 Å². The smallest absolute Gasteiger partial charge is 0.289 e. The second kappa shape index (κ2) is 9.15. The molecule has 0 spiro atoms. The maximum atomic E-state index is 12.8. The summed E-state index contributed by atoms with van der Waals surface area (Å²) < 4.78 is 26.9. The van der Waals surface area contributed by atoms with Gasteiger partial charge in [-0.3, -0.25) is 14.9 Å². The number of nitro benzene ring substituents is 1. The minimum absolute atomic E-state index is 0.0799. The predicted octanol–water partition coefficient (Wildman–Crippen LogP) is 2.35. The van der Waals surface area contributed by atoms with Gasteiger partial charge in [0.15, 0.2) is 4.90 Å². The Balaban J connectivity index is 1.56. The molecule has 1 fully saturated rings. The van der Waals surface area contributed by atoms with Crippen LogP contribution in [0.4, 0.5) is 5.69 Å². The summed E-state index contributed by atoms with van der Waals surface area (Å²) in [4.78, 5) is 22.6. The van der Waals surface area contributed by atoms with E-state index in [9.17, 15) is 23.3 Å². The molecule has 1 aliphatic rings. The van der Waals surface area contributed by atoms with E-state index in [-0.39, 0.29) is 29.8 Å². The molecule has 0 saturated carbocycles. The minimum atomic E-state index is -3.98. The lowest BCUT2D eigenvalue weighted by molar-refractivity contribution is -0.387. The number of piperidine rings is 1. The molecule has 1 N–H and O–H groups in total. The van der Waals surface area contributed by atoms with Gasteiger partial charge in [-0.25, -0.2) is 8.42 Å². The van der Waals surface area contributed by atoms with Crippen molar-refractivity contribution in [1.82, 2.24) is 9.62 Å². The first kappa shape index (κ1) is 20.9. The molecule has 0 unspecified atom stereocenters. The van der Waals surface area contributed by atoms with Gasteiger partial charge in [0.1, 0.15) is 0 Å². The summed E-state index contributed by atoms with van der Waals surface area (Å²) in [6.45, 7) is 0.841. The van der Waals surface area contributed by atoms with Crippen molar-refractivity contribution in [2.45, 2.75) is 24.2 Å². The van der Waals surface area contributed by atoms with E-state index in [0.29, 0.717) is 19.4 Å². The Morgan fingerprint density at radius 2 is 1.69 bits per heavy atom. The first-order chi connectivity index (χ1) is 13.9. The molecule has 2 aromatic rings. The number of carbonyl (C=O) groups excluding carboxylic acids is 1. The molecule has 1 heterocycles. The average molecular weight is 417 g/mol. The fraction of sp³-hybridized carbons (Fsp3) is 0.350. The normalized spacial score (nSPS) is 15.7. The fourth-order valence-electron chi connectivity index (χ4n) is 3.44. The van der Waals surface area contributed by atoms with Crippen molar-refractivity contribution in [2.24, 2.45) is 5.92 Å². The Bertz CT molecular complexity index is 971. The van der Waals surface area contributed by atoms with E-state index in [1.807, 2.05) is 30.3 Å². The zero-order valence-electron chi connectivity index (χ0n) is 15.9. The second-order valence-electron chi connectivity index (χ2n) is 6.93. The van der Waals surface area contributed by atoms with E-state index in [0.717, 1.165) is 12.0 Å². The van der Waals surface area contributed by atoms with Crippen LogP contribution in [0.3, 0.4) is 0 Å². The van der Waals surface area contributed by atoms with Gasteiger partial charge in [0.05, 0.1) is 4.92 Å². The first-order valence-electron chi connectivity index (χ1n) is 9.45. The van der Waals surface area contributed by atoms with Crippen molar-refractivity contribution in [1.29, 1.82) is 0 Å². The number of nitro groups is 1. The highest BCUT2D eigenvalue weighted by molar-refractivity contribution is 7.89. The summed E-state index contributed by atoms with van der Waals surface area (Å²) in [6.07, 6.45) is 1.51. The van der Waals surface area contributed by atoms with Crippen molar-refractivity contribution in [3.63, 3.8) is 0 Å². The first-order valence-corrected chi connectivity index (χ1v) is 10.9. The minimum Gasteiger partial charge on any atom is -0.356 e. The van der Waals surface area contributed by atoms with E-state index in [2.05, 4.69) is 5.32 Å². The number of hydrogen-bond acceptors (Lipinski definition) is 5. The number of hydrogen-bond donors (Lipinski definition) is 1. The summed E-state index contributed by atoms with van der Waals surface area (Å²) in [7, 11) is -3.98. The Hall–Kier alpha value is -2.78. The van der Waals surface area contributed by atoms with Crippen LogP contribution in [0.5, 0.6) is 0 Å². The van der Waals surface area contributed by atoms with Crippen LogP contribution in [0, 0.1) is 16.0 Å². The largest absolute Gasteiger partial charge is 0.356 e. The number of carbonyl (C=O) groups is 1. The van der Waals surface area contributed by atoms with Crippen molar-refractivity contribution in [3.05, 3.63) is 70.3 Å². The highest BCUT2D eigenvalue weighted by Crippen LogP contribution is 2.29. The number of nitrogens with zero attached hydrogens (tertiary/aromatic N) is 2. The van der Waals surface area contributed by atoms with Crippen molar-refractivity contribution >= 4 is 21.6 Å². The van der Waals surface area contributed by atoms with Crippen LogP contribution in [0.1, 0.15) is 18.4 Å². The van der Waals surface area contributed by atoms with Gasteiger partial charge in [0, 0.05) is 31.6 Å². The zero-order chi connectivity index (χ0) is 20.9. The standard InChI is InChI=1S/C20H23N3O5S/c24-20(21-13-10-16-6-2-1-3-7-16)17-11-14-22(15-12-17)29(27,28)19-9-5-4-8-18(19)23(25)26/h1-9,17H,10-15H2,(H,21,24). The lowest BCUT2D eigenvalue weighted by Crippen LogP contribution is -2.43. The Morgan fingerprint density at radius 3 is 2.34 bits per heavy atom. The number of amides is 1. The molecular formula is C20H23N3O5S. The van der Waals surface area contributed by atoms with Crippen LogP contribution in [0.25, 0.3) is 0 Å². The summed E-state index contributed by atoms with van der Waals surface area (Å²) >= 11 is 0. The predicted molar refractivity (Wildman–Crippen MR) is 108 cm³/mol. The average Bonchev–Trinajstić information content (AvgIpc) is 2.74. The lowest BCUT2D eigenvalue weighted by Gasteiger charge is -2.30. The van der Waals surface area contributed by atoms with Gasteiger partial charge in [-0.2, -0.15) is 4.31 Å². The van der Waals surface area contributed by atoms with Gasteiger partial charge in [0.2, 0.25) is 15.9 Å². The molecule has 8 nitrogen and oxygen atoms in total. The number of rotatable bonds is 7. The van der Waals surface area contributed by atoms with Crippen LogP contribution in [-0.2, 0) is 21.2 Å². The zero-order valence-corrected chi connectivity index (χ0v) is 16.7. The SMILES string of the molecule is O=C(NCCc1ccccc1)C1CCN(S(=O)(=O)c2ccccc2[N+](=O)[O-])CC1. The molecule has 2 aromatic carbocycles. The lowest BCUT2D eigenvalue weighted by atomic mass is 9.97. The Labute approximate surface area is 169 Å². The van der Waals surface area contributed by atoms with Crippen molar-refractivity contribution in [3.8, 4) is 0 Å². The third-order valence-electron chi connectivity index (χ3n) is 5.06. The molecule has 3 rings (SSSR count). The topological polar surface area (TPSA) is 110 Å². The van der Waals surface area contributed by atoms with Crippen LogP contribution >= 0.6 is 0 Å². The van der Waals surface area contributed by atoms with Crippen LogP contribution < -0.4 is 5.32 Å². The highest BCUT2D eigenvalue weighted by atomic mass is 32.2. The quantitative estimate of drug-likeness (QED) is 0.549. The summed E-state index contributed by atoms with van der Waals surface area (Å²) in [5, 5.41) is 14.1. The van der Waals surface area contributed by atoms with Gasteiger partial charge < -0.3 is 5.32 Å². The summed E-state index contributed by atoms with van der Waals surface area (Å²) in [5.41, 5.74) is 0.700. The van der Waals surface area contributed by atoms with Crippen LogP contribution in [0.15, 0.2) is 59.5 Å². The molecule has 0 bridgehead atoms. The molecule has 0 aliphatic carbocycles. The number of benzene rings is 2. The van der Waals surface area contributed by atoms with Gasteiger partial charge in [-0.15, -0.1) is 0 Å². The van der Waals surface area contributed by atoms with E-state index in [1.165, 1.54) is 28.6 Å².